The van der Waals surface area contributed by atoms with Crippen molar-refractivity contribution in [2.75, 3.05) is 38.2 Å². The van der Waals surface area contributed by atoms with Crippen molar-refractivity contribution in [3.05, 3.63) is 65.2 Å². The number of hydrogen-bond donors (Lipinski definition) is 2. The van der Waals surface area contributed by atoms with Crippen LogP contribution in [-0.4, -0.2) is 43.7 Å². The Morgan fingerprint density at radius 1 is 0.935 bits per heavy atom. The summed E-state index contributed by atoms with van der Waals surface area (Å²) in [7, 11) is 0. The lowest BCUT2D eigenvalue weighted by molar-refractivity contribution is -0.115. The average molecular weight is 424 g/mol. The summed E-state index contributed by atoms with van der Waals surface area (Å²) in [6, 6.07) is 17.0. The van der Waals surface area contributed by atoms with Crippen LogP contribution in [0.5, 0.6) is 0 Å². The minimum atomic E-state index is -0.0228. The lowest BCUT2D eigenvalue weighted by Gasteiger charge is -2.26. The van der Waals surface area contributed by atoms with E-state index in [-0.39, 0.29) is 18.5 Å². The maximum atomic E-state index is 12.5. The van der Waals surface area contributed by atoms with Crippen molar-refractivity contribution in [2.24, 2.45) is 5.92 Å². The summed E-state index contributed by atoms with van der Waals surface area (Å²) in [5, 5.41) is 6.45. The van der Waals surface area contributed by atoms with Gasteiger partial charge in [0.2, 0.25) is 5.91 Å². The van der Waals surface area contributed by atoms with Gasteiger partial charge in [-0.2, -0.15) is 0 Å². The van der Waals surface area contributed by atoms with Gasteiger partial charge in [0.25, 0.3) is 0 Å². The van der Waals surface area contributed by atoms with Crippen LogP contribution in [-0.2, 0) is 16.1 Å². The highest BCUT2D eigenvalue weighted by Crippen LogP contribution is 2.24. The smallest absolute Gasteiger partial charge is 0.238 e. The van der Waals surface area contributed by atoms with Gasteiger partial charge in [0.15, 0.2) is 0 Å². The second kappa shape index (κ2) is 11.4. The molecule has 1 aliphatic rings. The van der Waals surface area contributed by atoms with Gasteiger partial charge in [-0.3, -0.25) is 9.69 Å². The lowest BCUT2D eigenvalue weighted by atomic mass is 9.93. The van der Waals surface area contributed by atoms with Crippen molar-refractivity contribution < 1.29 is 9.53 Å². The van der Waals surface area contributed by atoms with Gasteiger partial charge in [-0.1, -0.05) is 64.1 Å². The Morgan fingerprint density at radius 2 is 1.55 bits per heavy atom. The highest BCUT2D eigenvalue weighted by atomic mass is 16.5. The molecule has 2 aromatic carbocycles. The van der Waals surface area contributed by atoms with Gasteiger partial charge in [0.05, 0.1) is 19.8 Å². The van der Waals surface area contributed by atoms with Crippen molar-refractivity contribution in [3.63, 3.8) is 0 Å². The second-order valence-electron chi connectivity index (χ2n) is 9.06. The number of morpholine rings is 1. The van der Waals surface area contributed by atoms with Crippen molar-refractivity contribution in [2.45, 2.75) is 46.2 Å². The number of carbonyl (C=O) groups is 1. The topological polar surface area (TPSA) is 53.6 Å². The molecule has 3 rings (SSSR count). The van der Waals surface area contributed by atoms with Crippen LogP contribution in [0.2, 0.25) is 0 Å². The molecule has 0 saturated carbocycles. The standard InChI is InChI=1S/C26H37N3O2/c1-19(2)22-7-9-23(10-8-22)26(20(3)4)27-17-25(30)28-24-11-5-21(6-12-24)18-29-13-15-31-16-14-29/h5-12,19-20,26-27H,13-18H2,1-4H3,(H,28,30)/t26-/m0/s1. The van der Waals surface area contributed by atoms with Crippen molar-refractivity contribution in [1.29, 1.82) is 0 Å². The molecule has 0 aromatic heterocycles. The third kappa shape index (κ3) is 7.17. The highest BCUT2D eigenvalue weighted by Gasteiger charge is 2.17. The number of amides is 1. The lowest BCUT2D eigenvalue weighted by Crippen LogP contribution is -2.35. The van der Waals surface area contributed by atoms with E-state index in [4.69, 9.17) is 4.74 Å². The molecule has 0 spiro atoms. The fraction of sp³-hybridized carbons (Fsp3) is 0.500. The van der Waals surface area contributed by atoms with Gasteiger partial charge in [-0.15, -0.1) is 0 Å². The number of anilines is 1. The van der Waals surface area contributed by atoms with E-state index in [9.17, 15) is 4.79 Å². The number of hydrogen-bond acceptors (Lipinski definition) is 4. The molecule has 0 radical (unpaired) electrons. The van der Waals surface area contributed by atoms with E-state index >= 15 is 0 Å². The predicted octanol–water partition coefficient (Wildman–Crippen LogP) is 4.57. The van der Waals surface area contributed by atoms with Crippen molar-refractivity contribution >= 4 is 11.6 Å². The molecule has 0 bridgehead atoms. The normalized spacial score (nSPS) is 15.9. The maximum Gasteiger partial charge on any atom is 0.238 e. The molecule has 168 valence electrons. The Labute approximate surface area is 187 Å². The van der Waals surface area contributed by atoms with Crippen molar-refractivity contribution in [1.82, 2.24) is 10.2 Å². The van der Waals surface area contributed by atoms with Gasteiger partial charge in [0, 0.05) is 31.4 Å². The largest absolute Gasteiger partial charge is 0.379 e. The molecule has 1 amide bonds. The van der Waals surface area contributed by atoms with Crippen LogP contribution < -0.4 is 10.6 Å². The van der Waals surface area contributed by atoms with Crippen LogP contribution in [0.1, 0.15) is 56.3 Å². The Bertz CT molecular complexity index is 810. The highest BCUT2D eigenvalue weighted by molar-refractivity contribution is 5.92. The zero-order valence-electron chi connectivity index (χ0n) is 19.4. The van der Waals surface area contributed by atoms with E-state index in [1.165, 1.54) is 16.7 Å². The molecular formula is C26H37N3O2. The summed E-state index contributed by atoms with van der Waals surface area (Å²) in [6.07, 6.45) is 0. The molecule has 1 saturated heterocycles. The van der Waals surface area contributed by atoms with E-state index in [1.54, 1.807) is 0 Å². The van der Waals surface area contributed by atoms with Crippen LogP contribution in [0.15, 0.2) is 48.5 Å². The first-order valence-electron chi connectivity index (χ1n) is 11.4. The van der Waals surface area contributed by atoms with Crippen LogP contribution in [0.25, 0.3) is 0 Å². The Hall–Kier alpha value is -2.21. The van der Waals surface area contributed by atoms with Crippen LogP contribution in [0.4, 0.5) is 5.69 Å². The molecular weight excluding hydrogens is 386 g/mol. The summed E-state index contributed by atoms with van der Waals surface area (Å²) >= 11 is 0. The minimum Gasteiger partial charge on any atom is -0.379 e. The summed E-state index contributed by atoms with van der Waals surface area (Å²) in [6.45, 7) is 13.5. The van der Waals surface area contributed by atoms with Gasteiger partial charge < -0.3 is 15.4 Å². The quantitative estimate of drug-likeness (QED) is 0.620. The molecule has 31 heavy (non-hydrogen) atoms. The number of nitrogens with zero attached hydrogens (tertiary/aromatic N) is 1. The van der Waals surface area contributed by atoms with Gasteiger partial charge in [0.1, 0.15) is 0 Å². The fourth-order valence-corrected chi connectivity index (χ4v) is 3.95. The zero-order chi connectivity index (χ0) is 22.2. The Morgan fingerprint density at radius 3 is 2.13 bits per heavy atom. The molecule has 2 aromatic rings. The first-order chi connectivity index (χ1) is 14.9. The number of ether oxygens (including phenoxy) is 1. The minimum absolute atomic E-state index is 0.0228. The molecule has 1 aliphatic heterocycles. The third-order valence-electron chi connectivity index (χ3n) is 5.86. The number of carbonyl (C=O) groups excluding carboxylic acids is 1. The number of benzene rings is 2. The Kier molecular flexibility index (Phi) is 8.64. The third-order valence-corrected chi connectivity index (χ3v) is 5.86. The molecule has 5 heteroatoms. The first-order valence-corrected chi connectivity index (χ1v) is 11.4. The second-order valence-corrected chi connectivity index (χ2v) is 9.06. The van der Waals surface area contributed by atoms with Crippen LogP contribution in [0, 0.1) is 5.92 Å². The molecule has 5 nitrogen and oxygen atoms in total. The molecule has 1 heterocycles. The van der Waals surface area contributed by atoms with E-state index in [0.29, 0.717) is 11.8 Å². The molecule has 2 N–H and O–H groups in total. The fourth-order valence-electron chi connectivity index (χ4n) is 3.95. The summed E-state index contributed by atoms with van der Waals surface area (Å²) in [5.41, 5.74) is 4.64. The van der Waals surface area contributed by atoms with Gasteiger partial charge >= 0.3 is 0 Å². The molecule has 1 atom stereocenters. The van der Waals surface area contributed by atoms with E-state index in [2.05, 4.69) is 79.6 Å². The van der Waals surface area contributed by atoms with E-state index in [0.717, 1.165) is 38.5 Å². The van der Waals surface area contributed by atoms with E-state index in [1.807, 2.05) is 12.1 Å². The van der Waals surface area contributed by atoms with E-state index < -0.39 is 0 Å². The maximum absolute atomic E-state index is 12.5. The summed E-state index contributed by atoms with van der Waals surface area (Å²) in [4.78, 5) is 14.9. The summed E-state index contributed by atoms with van der Waals surface area (Å²) in [5.74, 6) is 0.882. The first kappa shape index (κ1) is 23.5. The summed E-state index contributed by atoms with van der Waals surface area (Å²) < 4.78 is 5.40. The monoisotopic (exact) mass is 423 g/mol. The molecule has 0 aliphatic carbocycles. The SMILES string of the molecule is CC(C)c1ccc([C@@H](NCC(=O)Nc2ccc(CN3CCOCC3)cc2)C(C)C)cc1. The van der Waals surface area contributed by atoms with Crippen LogP contribution >= 0.6 is 0 Å². The van der Waals surface area contributed by atoms with Gasteiger partial charge in [-0.05, 0) is 40.7 Å². The number of nitrogens with one attached hydrogen (secondary N) is 2. The molecule has 0 unspecified atom stereocenters. The van der Waals surface area contributed by atoms with Crippen molar-refractivity contribution in [3.8, 4) is 0 Å². The Balaban J connectivity index is 1.50. The molecule has 1 fully saturated rings. The zero-order valence-corrected chi connectivity index (χ0v) is 19.4. The predicted molar refractivity (Wildman–Crippen MR) is 127 cm³/mol. The average Bonchev–Trinajstić information content (AvgIpc) is 2.76. The number of rotatable bonds is 9. The van der Waals surface area contributed by atoms with Gasteiger partial charge in [-0.25, -0.2) is 0 Å². The van der Waals surface area contributed by atoms with Crippen LogP contribution in [0.3, 0.4) is 0 Å².